The predicted octanol–water partition coefficient (Wildman–Crippen LogP) is 4.37. The van der Waals surface area contributed by atoms with Gasteiger partial charge in [0.05, 0.1) is 11.4 Å². The standard InChI is InChI=1S/C24H23F2N3O2/c1-15(30)28-22-8-6-16(13-21(22)26)18-3-2-4-19(24(18)31)17-5-7-20(25)23(14-17)29-11-9-27-10-12-29/h2-8,13-14,27,31H,9-12H2,1H3,(H,28,30). The largest absolute Gasteiger partial charge is 0.507 e. The number of phenolic OH excluding ortho intramolecular Hbond substituents is 1. The number of para-hydroxylation sites is 1. The molecule has 0 bridgehead atoms. The van der Waals surface area contributed by atoms with Crippen molar-refractivity contribution in [1.29, 1.82) is 0 Å². The number of nitrogens with one attached hydrogen (secondary N) is 2. The van der Waals surface area contributed by atoms with E-state index in [1.54, 1.807) is 36.4 Å². The van der Waals surface area contributed by atoms with Gasteiger partial charge in [-0.15, -0.1) is 0 Å². The lowest BCUT2D eigenvalue weighted by atomic mass is 9.96. The van der Waals surface area contributed by atoms with Gasteiger partial charge in [0.25, 0.3) is 0 Å². The highest BCUT2D eigenvalue weighted by molar-refractivity contribution is 5.89. The summed E-state index contributed by atoms with van der Waals surface area (Å²) in [5.74, 6) is -1.29. The number of amides is 1. The average Bonchev–Trinajstić information content (AvgIpc) is 2.76. The van der Waals surface area contributed by atoms with Gasteiger partial charge < -0.3 is 20.6 Å². The molecule has 7 heteroatoms. The highest BCUT2D eigenvalue weighted by atomic mass is 19.1. The van der Waals surface area contributed by atoms with Gasteiger partial charge in [0.2, 0.25) is 5.91 Å². The normalized spacial score (nSPS) is 13.8. The topological polar surface area (TPSA) is 64.6 Å². The molecule has 0 spiro atoms. The molecule has 1 fully saturated rings. The van der Waals surface area contributed by atoms with Gasteiger partial charge >= 0.3 is 0 Å². The fourth-order valence-electron chi connectivity index (χ4n) is 3.81. The third-order valence-electron chi connectivity index (χ3n) is 5.34. The molecule has 0 radical (unpaired) electrons. The summed E-state index contributed by atoms with van der Waals surface area (Å²) >= 11 is 0. The molecule has 0 atom stereocenters. The van der Waals surface area contributed by atoms with E-state index < -0.39 is 5.82 Å². The Labute approximate surface area is 179 Å². The van der Waals surface area contributed by atoms with Crippen LogP contribution in [0.5, 0.6) is 5.75 Å². The highest BCUT2D eigenvalue weighted by Crippen LogP contribution is 2.40. The van der Waals surface area contributed by atoms with Crippen LogP contribution in [-0.4, -0.2) is 37.2 Å². The second-order valence-corrected chi connectivity index (χ2v) is 7.48. The number of hydrogen-bond donors (Lipinski definition) is 3. The smallest absolute Gasteiger partial charge is 0.221 e. The number of halogens is 2. The Bertz CT molecular complexity index is 1130. The monoisotopic (exact) mass is 423 g/mol. The van der Waals surface area contributed by atoms with Crippen molar-refractivity contribution in [3.05, 3.63) is 66.2 Å². The third-order valence-corrected chi connectivity index (χ3v) is 5.34. The molecule has 0 aromatic heterocycles. The van der Waals surface area contributed by atoms with Crippen LogP contribution in [0.15, 0.2) is 54.6 Å². The van der Waals surface area contributed by atoms with Crippen molar-refractivity contribution >= 4 is 17.3 Å². The molecule has 4 rings (SSSR count). The number of aromatic hydroxyl groups is 1. The van der Waals surface area contributed by atoms with Gasteiger partial charge in [-0.1, -0.05) is 30.3 Å². The van der Waals surface area contributed by atoms with Gasteiger partial charge in [-0.25, -0.2) is 8.78 Å². The molecule has 0 unspecified atom stereocenters. The Morgan fingerprint density at radius 1 is 0.968 bits per heavy atom. The molecule has 1 aliphatic heterocycles. The number of benzene rings is 3. The van der Waals surface area contributed by atoms with Crippen LogP contribution < -0.4 is 15.5 Å². The lowest BCUT2D eigenvalue weighted by Gasteiger charge is -2.30. The Hall–Kier alpha value is -3.45. The molecule has 3 aromatic carbocycles. The molecule has 5 nitrogen and oxygen atoms in total. The van der Waals surface area contributed by atoms with E-state index in [1.807, 2.05) is 4.90 Å². The molecule has 3 N–H and O–H groups in total. The second-order valence-electron chi connectivity index (χ2n) is 7.48. The van der Waals surface area contributed by atoms with Crippen molar-refractivity contribution in [1.82, 2.24) is 5.32 Å². The predicted molar refractivity (Wildman–Crippen MR) is 118 cm³/mol. The zero-order valence-electron chi connectivity index (χ0n) is 17.1. The summed E-state index contributed by atoms with van der Waals surface area (Å²) in [6, 6.07) is 14.3. The van der Waals surface area contributed by atoms with Crippen LogP contribution in [0.1, 0.15) is 6.92 Å². The molecule has 160 valence electrons. The molecule has 0 saturated carbocycles. The summed E-state index contributed by atoms with van der Waals surface area (Å²) in [5, 5.41) is 16.6. The number of anilines is 2. The van der Waals surface area contributed by atoms with E-state index in [2.05, 4.69) is 10.6 Å². The number of piperazine rings is 1. The zero-order valence-corrected chi connectivity index (χ0v) is 17.1. The van der Waals surface area contributed by atoms with Gasteiger partial charge in [-0.3, -0.25) is 4.79 Å². The molecule has 3 aromatic rings. The van der Waals surface area contributed by atoms with E-state index in [0.717, 1.165) is 13.1 Å². The molecular weight excluding hydrogens is 400 g/mol. The molecule has 0 aliphatic carbocycles. The summed E-state index contributed by atoms with van der Waals surface area (Å²) in [4.78, 5) is 13.2. The van der Waals surface area contributed by atoms with Crippen molar-refractivity contribution in [3.63, 3.8) is 0 Å². The molecular formula is C24H23F2N3O2. The third kappa shape index (κ3) is 4.36. The maximum atomic E-state index is 14.5. The molecule has 1 saturated heterocycles. The summed E-state index contributed by atoms with van der Waals surface area (Å²) in [7, 11) is 0. The number of carbonyl (C=O) groups excluding carboxylic acids is 1. The number of nitrogens with zero attached hydrogens (tertiary/aromatic N) is 1. The Morgan fingerprint density at radius 3 is 2.26 bits per heavy atom. The highest BCUT2D eigenvalue weighted by Gasteiger charge is 2.18. The average molecular weight is 423 g/mol. The summed E-state index contributed by atoms with van der Waals surface area (Å²) in [5.41, 5.74) is 2.68. The minimum absolute atomic E-state index is 0.0213. The van der Waals surface area contributed by atoms with E-state index in [1.165, 1.54) is 25.1 Å². The van der Waals surface area contributed by atoms with E-state index in [4.69, 9.17) is 0 Å². The van der Waals surface area contributed by atoms with Gasteiger partial charge in [-0.2, -0.15) is 0 Å². The lowest BCUT2D eigenvalue weighted by Crippen LogP contribution is -2.43. The minimum atomic E-state index is -0.597. The van der Waals surface area contributed by atoms with Crippen LogP contribution in [0.3, 0.4) is 0 Å². The van der Waals surface area contributed by atoms with Crippen molar-refractivity contribution in [2.24, 2.45) is 0 Å². The van der Waals surface area contributed by atoms with Crippen LogP contribution in [0, 0.1) is 11.6 Å². The first-order valence-corrected chi connectivity index (χ1v) is 10.1. The number of carbonyl (C=O) groups is 1. The summed E-state index contributed by atoms with van der Waals surface area (Å²) in [6.45, 7) is 4.27. The van der Waals surface area contributed by atoms with Gasteiger partial charge in [0, 0.05) is 44.2 Å². The van der Waals surface area contributed by atoms with Crippen LogP contribution in [0.2, 0.25) is 0 Å². The second kappa shape index (κ2) is 8.73. The lowest BCUT2D eigenvalue weighted by molar-refractivity contribution is -0.114. The maximum Gasteiger partial charge on any atom is 0.221 e. The fourth-order valence-corrected chi connectivity index (χ4v) is 3.81. The molecule has 1 heterocycles. The van der Waals surface area contributed by atoms with Crippen molar-refractivity contribution < 1.29 is 18.7 Å². The summed E-state index contributed by atoms with van der Waals surface area (Å²) in [6.07, 6.45) is 0. The van der Waals surface area contributed by atoms with Crippen molar-refractivity contribution in [2.45, 2.75) is 6.92 Å². The number of rotatable bonds is 4. The Balaban J connectivity index is 1.71. The first-order valence-electron chi connectivity index (χ1n) is 10.1. The van der Waals surface area contributed by atoms with Gasteiger partial charge in [-0.05, 0) is 35.4 Å². The first-order chi connectivity index (χ1) is 14.9. The van der Waals surface area contributed by atoms with Crippen LogP contribution in [0.4, 0.5) is 20.2 Å². The summed E-state index contributed by atoms with van der Waals surface area (Å²) < 4.78 is 28.9. The fraction of sp³-hybridized carbons (Fsp3) is 0.208. The van der Waals surface area contributed by atoms with Crippen molar-refractivity contribution in [3.8, 4) is 28.0 Å². The molecule has 1 amide bonds. The zero-order chi connectivity index (χ0) is 22.0. The Kier molecular flexibility index (Phi) is 5.86. The van der Waals surface area contributed by atoms with E-state index >= 15 is 0 Å². The van der Waals surface area contributed by atoms with E-state index in [-0.39, 0.29) is 23.2 Å². The van der Waals surface area contributed by atoms with Gasteiger partial charge in [0.15, 0.2) is 0 Å². The maximum absolute atomic E-state index is 14.5. The first kappa shape index (κ1) is 20.8. The van der Waals surface area contributed by atoms with Crippen LogP contribution in [0.25, 0.3) is 22.3 Å². The van der Waals surface area contributed by atoms with Gasteiger partial charge in [0.1, 0.15) is 17.4 Å². The van der Waals surface area contributed by atoms with Crippen LogP contribution in [-0.2, 0) is 4.79 Å². The molecule has 31 heavy (non-hydrogen) atoms. The number of phenols is 1. The van der Waals surface area contributed by atoms with Crippen LogP contribution >= 0.6 is 0 Å². The van der Waals surface area contributed by atoms with E-state index in [0.29, 0.717) is 41.0 Å². The molecule has 1 aliphatic rings. The quantitative estimate of drug-likeness (QED) is 0.583. The minimum Gasteiger partial charge on any atom is -0.507 e. The Morgan fingerprint density at radius 2 is 1.61 bits per heavy atom. The SMILES string of the molecule is CC(=O)Nc1ccc(-c2cccc(-c3ccc(F)c(N4CCNCC4)c3)c2O)cc1F. The van der Waals surface area contributed by atoms with Crippen molar-refractivity contribution in [2.75, 3.05) is 36.4 Å². The number of hydrogen-bond acceptors (Lipinski definition) is 4. The van der Waals surface area contributed by atoms with E-state index in [9.17, 15) is 18.7 Å².